The number of amides is 2. The van der Waals surface area contributed by atoms with Crippen LogP contribution in [-0.2, 0) is 4.79 Å². The van der Waals surface area contributed by atoms with E-state index in [1.807, 2.05) is 4.90 Å². The van der Waals surface area contributed by atoms with Crippen LogP contribution >= 0.6 is 0 Å². The van der Waals surface area contributed by atoms with E-state index >= 15 is 0 Å². The molecule has 0 bridgehead atoms. The van der Waals surface area contributed by atoms with Crippen molar-refractivity contribution in [1.82, 2.24) is 10.2 Å². The van der Waals surface area contributed by atoms with E-state index in [1.165, 1.54) is 12.8 Å². The summed E-state index contributed by atoms with van der Waals surface area (Å²) in [4.78, 5) is 25.1. The highest BCUT2D eigenvalue weighted by Crippen LogP contribution is 2.17. The number of likely N-dealkylation sites (tertiary alicyclic amines) is 1. The average molecular weight is 298 g/mol. The molecule has 5 nitrogen and oxygen atoms in total. The molecule has 0 saturated carbocycles. The van der Waals surface area contributed by atoms with Crippen molar-refractivity contribution < 1.29 is 14.7 Å². The van der Waals surface area contributed by atoms with Crippen molar-refractivity contribution in [3.05, 3.63) is 0 Å². The fourth-order valence-corrected chi connectivity index (χ4v) is 3.06. The number of carboxylic acid groups (broad SMARTS) is 1. The van der Waals surface area contributed by atoms with Gasteiger partial charge >= 0.3 is 12.0 Å². The fourth-order valence-electron chi connectivity index (χ4n) is 3.06. The second-order valence-corrected chi connectivity index (χ2v) is 6.67. The molecule has 1 aliphatic rings. The van der Waals surface area contributed by atoms with Crippen LogP contribution in [0.3, 0.4) is 0 Å². The summed E-state index contributed by atoms with van der Waals surface area (Å²) < 4.78 is 0. The van der Waals surface area contributed by atoms with Gasteiger partial charge in [-0.25, -0.2) is 4.79 Å². The molecule has 2 amide bonds. The van der Waals surface area contributed by atoms with Crippen LogP contribution < -0.4 is 5.32 Å². The Morgan fingerprint density at radius 2 is 2.00 bits per heavy atom. The minimum atomic E-state index is -0.793. The first-order valence-corrected chi connectivity index (χ1v) is 8.16. The number of nitrogens with zero attached hydrogens (tertiary/aromatic N) is 1. The SMILES string of the molecule is CC(C)C[C@H](CNC(=O)N1CCCCCC1C)CC(=O)O. The van der Waals surface area contributed by atoms with E-state index in [-0.39, 0.29) is 24.4 Å². The van der Waals surface area contributed by atoms with Crippen molar-refractivity contribution >= 4 is 12.0 Å². The second-order valence-electron chi connectivity index (χ2n) is 6.67. The molecular weight excluding hydrogens is 268 g/mol. The van der Waals surface area contributed by atoms with Crippen LogP contribution in [0.25, 0.3) is 0 Å². The minimum Gasteiger partial charge on any atom is -0.481 e. The summed E-state index contributed by atoms with van der Waals surface area (Å²) >= 11 is 0. The van der Waals surface area contributed by atoms with Gasteiger partial charge in [-0.2, -0.15) is 0 Å². The summed E-state index contributed by atoms with van der Waals surface area (Å²) in [7, 11) is 0. The Labute approximate surface area is 128 Å². The summed E-state index contributed by atoms with van der Waals surface area (Å²) in [6.07, 6.45) is 5.42. The molecule has 0 radical (unpaired) electrons. The van der Waals surface area contributed by atoms with Gasteiger partial charge in [0, 0.05) is 25.6 Å². The molecule has 1 heterocycles. The lowest BCUT2D eigenvalue weighted by molar-refractivity contribution is -0.138. The van der Waals surface area contributed by atoms with E-state index in [0.29, 0.717) is 12.5 Å². The highest BCUT2D eigenvalue weighted by atomic mass is 16.4. The van der Waals surface area contributed by atoms with E-state index in [2.05, 4.69) is 26.1 Å². The van der Waals surface area contributed by atoms with E-state index in [1.54, 1.807) is 0 Å². The lowest BCUT2D eigenvalue weighted by atomic mass is 9.94. The summed E-state index contributed by atoms with van der Waals surface area (Å²) in [5.41, 5.74) is 0. The van der Waals surface area contributed by atoms with Gasteiger partial charge in [0.25, 0.3) is 0 Å². The third-order valence-electron chi connectivity index (χ3n) is 4.12. The molecule has 1 saturated heterocycles. The average Bonchev–Trinajstić information content (AvgIpc) is 2.59. The molecule has 5 heteroatoms. The Balaban J connectivity index is 2.48. The molecule has 1 unspecified atom stereocenters. The predicted molar refractivity (Wildman–Crippen MR) is 83.2 cm³/mol. The van der Waals surface area contributed by atoms with Crippen LogP contribution in [-0.4, -0.2) is 41.1 Å². The molecule has 0 aromatic carbocycles. The minimum absolute atomic E-state index is 0.00809. The van der Waals surface area contributed by atoms with Gasteiger partial charge in [-0.3, -0.25) is 4.79 Å². The van der Waals surface area contributed by atoms with Crippen molar-refractivity contribution in [2.75, 3.05) is 13.1 Å². The van der Waals surface area contributed by atoms with Crippen molar-refractivity contribution in [3.8, 4) is 0 Å². The van der Waals surface area contributed by atoms with Gasteiger partial charge < -0.3 is 15.3 Å². The Morgan fingerprint density at radius 1 is 1.29 bits per heavy atom. The molecule has 1 aliphatic heterocycles. The molecule has 0 aromatic rings. The van der Waals surface area contributed by atoms with E-state index < -0.39 is 5.97 Å². The standard InChI is InChI=1S/C16H30N2O3/c1-12(2)9-14(10-15(19)20)11-17-16(21)18-8-6-4-5-7-13(18)3/h12-14H,4-11H2,1-3H3,(H,17,21)(H,19,20)/t13?,14-/m0/s1. The third-order valence-corrected chi connectivity index (χ3v) is 4.12. The van der Waals surface area contributed by atoms with Crippen molar-refractivity contribution in [2.45, 2.75) is 65.3 Å². The Kier molecular flexibility index (Phi) is 7.54. The zero-order valence-corrected chi connectivity index (χ0v) is 13.6. The summed E-state index contributed by atoms with van der Waals surface area (Å²) in [5, 5.41) is 11.9. The van der Waals surface area contributed by atoms with E-state index in [4.69, 9.17) is 5.11 Å². The van der Waals surface area contributed by atoms with Crippen LogP contribution in [0.1, 0.15) is 59.3 Å². The van der Waals surface area contributed by atoms with Crippen LogP contribution in [0.5, 0.6) is 0 Å². The zero-order chi connectivity index (χ0) is 15.8. The summed E-state index contributed by atoms with van der Waals surface area (Å²) in [6, 6.07) is 0.235. The maximum atomic E-state index is 12.3. The maximum absolute atomic E-state index is 12.3. The lowest BCUT2D eigenvalue weighted by Gasteiger charge is -2.28. The van der Waals surface area contributed by atoms with Gasteiger partial charge in [0.1, 0.15) is 0 Å². The molecule has 21 heavy (non-hydrogen) atoms. The van der Waals surface area contributed by atoms with Gasteiger partial charge in [-0.1, -0.05) is 26.7 Å². The Hall–Kier alpha value is -1.26. The monoisotopic (exact) mass is 298 g/mol. The van der Waals surface area contributed by atoms with Gasteiger partial charge in [0.05, 0.1) is 0 Å². The molecule has 2 N–H and O–H groups in total. The van der Waals surface area contributed by atoms with Crippen LogP contribution in [0.4, 0.5) is 4.79 Å². The molecule has 122 valence electrons. The highest BCUT2D eigenvalue weighted by molar-refractivity contribution is 5.74. The molecule has 1 rings (SSSR count). The number of rotatable bonds is 6. The molecule has 0 aromatic heterocycles. The summed E-state index contributed by atoms with van der Waals surface area (Å²) in [5.74, 6) is -0.352. The third kappa shape index (κ3) is 6.82. The number of carbonyl (C=O) groups excluding carboxylic acids is 1. The highest BCUT2D eigenvalue weighted by Gasteiger charge is 2.23. The topological polar surface area (TPSA) is 69.6 Å². The first kappa shape index (κ1) is 17.8. The van der Waals surface area contributed by atoms with Crippen LogP contribution in [0.15, 0.2) is 0 Å². The van der Waals surface area contributed by atoms with Crippen LogP contribution in [0, 0.1) is 11.8 Å². The number of aliphatic carboxylic acids is 1. The second kappa shape index (κ2) is 8.90. The number of carbonyl (C=O) groups is 2. The van der Waals surface area contributed by atoms with Crippen molar-refractivity contribution in [1.29, 1.82) is 0 Å². The number of urea groups is 1. The maximum Gasteiger partial charge on any atom is 0.317 e. The number of hydrogen-bond acceptors (Lipinski definition) is 2. The van der Waals surface area contributed by atoms with Gasteiger partial charge in [-0.15, -0.1) is 0 Å². The summed E-state index contributed by atoms with van der Waals surface area (Å²) in [6.45, 7) is 7.50. The van der Waals surface area contributed by atoms with Gasteiger partial charge in [0.15, 0.2) is 0 Å². The Bertz CT molecular complexity index is 344. The lowest BCUT2D eigenvalue weighted by Crippen LogP contribution is -2.46. The predicted octanol–water partition coefficient (Wildman–Crippen LogP) is 3.10. The first-order chi connectivity index (χ1) is 9.90. The fraction of sp³-hybridized carbons (Fsp3) is 0.875. The number of nitrogens with one attached hydrogen (secondary N) is 1. The molecule has 1 fully saturated rings. The smallest absolute Gasteiger partial charge is 0.317 e. The molecule has 0 aliphatic carbocycles. The number of carboxylic acids is 1. The number of hydrogen-bond donors (Lipinski definition) is 2. The molecule has 2 atom stereocenters. The molecule has 0 spiro atoms. The molecular formula is C16H30N2O3. The van der Waals surface area contributed by atoms with Crippen molar-refractivity contribution in [3.63, 3.8) is 0 Å². The zero-order valence-electron chi connectivity index (χ0n) is 13.6. The van der Waals surface area contributed by atoms with E-state index in [9.17, 15) is 9.59 Å². The van der Waals surface area contributed by atoms with Gasteiger partial charge in [0.2, 0.25) is 0 Å². The first-order valence-electron chi connectivity index (χ1n) is 8.16. The largest absolute Gasteiger partial charge is 0.481 e. The van der Waals surface area contributed by atoms with Gasteiger partial charge in [-0.05, 0) is 38.0 Å². The normalized spacial score (nSPS) is 21.0. The van der Waals surface area contributed by atoms with Crippen molar-refractivity contribution in [2.24, 2.45) is 11.8 Å². The van der Waals surface area contributed by atoms with Crippen LogP contribution in [0.2, 0.25) is 0 Å². The quantitative estimate of drug-likeness (QED) is 0.791. The Morgan fingerprint density at radius 3 is 2.62 bits per heavy atom. The van der Waals surface area contributed by atoms with E-state index in [0.717, 1.165) is 25.8 Å².